The van der Waals surface area contributed by atoms with Gasteiger partial charge in [0.25, 0.3) is 5.56 Å². The number of nitrogens with zero attached hydrogens (tertiary/aromatic N) is 1. The number of hydrogen-bond donors (Lipinski definition) is 1. The first-order chi connectivity index (χ1) is 13.7. The van der Waals surface area contributed by atoms with Crippen LogP contribution in [-0.2, 0) is 21.4 Å². The Bertz CT molecular complexity index is 1110. The minimum Gasteiger partial charge on any atom is -0.454 e. The normalized spacial score (nSPS) is 12.6. The molecule has 0 aliphatic heterocycles. The zero-order chi connectivity index (χ0) is 21.2. The summed E-state index contributed by atoms with van der Waals surface area (Å²) in [5, 5.41) is 7.39. The number of rotatable bonds is 5. The molecule has 0 amide bonds. The number of fused-ring (bicyclic) bond motifs is 1. The predicted octanol–water partition coefficient (Wildman–Crippen LogP) is 3.58. The molecule has 1 aromatic heterocycles. The summed E-state index contributed by atoms with van der Waals surface area (Å²) < 4.78 is 5.33. The molecule has 29 heavy (non-hydrogen) atoms. The van der Waals surface area contributed by atoms with Gasteiger partial charge in [-0.2, -0.15) is 5.10 Å². The number of aromatic amines is 1. The van der Waals surface area contributed by atoms with Gasteiger partial charge in [-0.3, -0.25) is 14.4 Å². The van der Waals surface area contributed by atoms with Gasteiger partial charge < -0.3 is 4.74 Å². The fourth-order valence-corrected chi connectivity index (χ4v) is 3.10. The molecular weight excluding hydrogens is 368 g/mol. The van der Waals surface area contributed by atoms with Gasteiger partial charge in [0.2, 0.25) is 5.78 Å². The predicted molar refractivity (Wildman–Crippen MR) is 111 cm³/mol. The molecule has 0 spiro atoms. The van der Waals surface area contributed by atoms with E-state index in [-0.39, 0.29) is 23.2 Å². The van der Waals surface area contributed by atoms with E-state index in [1.807, 2.05) is 12.1 Å². The Morgan fingerprint density at radius 1 is 1.03 bits per heavy atom. The molecule has 0 aliphatic carbocycles. The van der Waals surface area contributed by atoms with Crippen LogP contribution in [0.1, 0.15) is 49.3 Å². The quantitative estimate of drug-likeness (QED) is 0.530. The largest absolute Gasteiger partial charge is 0.454 e. The molecule has 6 heteroatoms. The third-order valence-electron chi connectivity index (χ3n) is 4.80. The minimum absolute atomic E-state index is 0.00785. The molecule has 1 heterocycles. The van der Waals surface area contributed by atoms with Crippen molar-refractivity contribution >= 4 is 22.5 Å². The summed E-state index contributed by atoms with van der Waals surface area (Å²) in [5.74, 6) is -0.847. The van der Waals surface area contributed by atoms with Gasteiger partial charge in [-0.25, -0.2) is 5.10 Å². The van der Waals surface area contributed by atoms with Gasteiger partial charge in [0, 0.05) is 10.9 Å². The first-order valence-electron chi connectivity index (χ1n) is 9.47. The zero-order valence-corrected chi connectivity index (χ0v) is 17.0. The molecule has 3 aromatic rings. The highest BCUT2D eigenvalue weighted by atomic mass is 16.5. The Morgan fingerprint density at radius 3 is 2.28 bits per heavy atom. The van der Waals surface area contributed by atoms with Crippen LogP contribution in [0.3, 0.4) is 0 Å². The van der Waals surface area contributed by atoms with Gasteiger partial charge in [0.15, 0.2) is 6.10 Å². The van der Waals surface area contributed by atoms with Crippen molar-refractivity contribution in [1.29, 1.82) is 0 Å². The smallest absolute Gasteiger partial charge is 0.312 e. The molecule has 0 saturated carbocycles. The molecule has 3 rings (SSSR count). The van der Waals surface area contributed by atoms with Gasteiger partial charge in [0.1, 0.15) is 0 Å². The Hall–Kier alpha value is -3.28. The van der Waals surface area contributed by atoms with Crippen LogP contribution >= 0.6 is 0 Å². The highest BCUT2D eigenvalue weighted by molar-refractivity contribution is 6.00. The number of ketones is 1. The number of carbonyl (C=O) groups excluding carboxylic acids is 2. The number of nitrogens with one attached hydrogen (secondary N) is 1. The lowest BCUT2D eigenvalue weighted by atomic mass is 9.86. The molecule has 0 bridgehead atoms. The number of hydrogen-bond acceptors (Lipinski definition) is 5. The van der Waals surface area contributed by atoms with Gasteiger partial charge >= 0.3 is 5.97 Å². The molecule has 1 unspecified atom stereocenters. The van der Waals surface area contributed by atoms with Crippen LogP contribution < -0.4 is 5.56 Å². The number of H-pyrrole nitrogens is 1. The van der Waals surface area contributed by atoms with E-state index < -0.39 is 12.1 Å². The van der Waals surface area contributed by atoms with Crippen LogP contribution in [-0.4, -0.2) is 28.1 Å². The zero-order valence-electron chi connectivity index (χ0n) is 17.0. The Balaban J connectivity index is 1.70. The van der Waals surface area contributed by atoms with Gasteiger partial charge in [-0.1, -0.05) is 63.2 Å². The van der Waals surface area contributed by atoms with E-state index in [1.165, 1.54) is 0 Å². The maximum Gasteiger partial charge on any atom is 0.312 e. The maximum atomic E-state index is 12.6. The number of carbonyl (C=O) groups is 2. The van der Waals surface area contributed by atoms with Crippen LogP contribution in [0.5, 0.6) is 0 Å². The third kappa shape index (κ3) is 4.59. The van der Waals surface area contributed by atoms with Crippen LogP contribution in [0.15, 0.2) is 53.3 Å². The monoisotopic (exact) mass is 392 g/mol. The minimum atomic E-state index is -0.919. The summed E-state index contributed by atoms with van der Waals surface area (Å²) in [6.07, 6.45) is -1.06. The Morgan fingerprint density at radius 2 is 1.66 bits per heavy atom. The summed E-state index contributed by atoms with van der Waals surface area (Å²) >= 11 is 0. The molecule has 0 saturated heterocycles. The molecular formula is C23H24N2O4. The second-order valence-electron chi connectivity index (χ2n) is 8.05. The fraction of sp³-hybridized carbons (Fsp3) is 0.304. The lowest BCUT2D eigenvalue weighted by molar-refractivity contribution is -0.145. The van der Waals surface area contributed by atoms with Gasteiger partial charge in [-0.15, -0.1) is 0 Å². The van der Waals surface area contributed by atoms with Crippen LogP contribution in [0.4, 0.5) is 0 Å². The summed E-state index contributed by atoms with van der Waals surface area (Å²) in [4.78, 5) is 36.8. The van der Waals surface area contributed by atoms with Crippen molar-refractivity contribution < 1.29 is 14.3 Å². The highest BCUT2D eigenvalue weighted by Crippen LogP contribution is 2.22. The highest BCUT2D eigenvalue weighted by Gasteiger charge is 2.22. The van der Waals surface area contributed by atoms with E-state index >= 15 is 0 Å². The molecule has 1 atom stereocenters. The van der Waals surface area contributed by atoms with Crippen molar-refractivity contribution in [3.63, 3.8) is 0 Å². The van der Waals surface area contributed by atoms with Crippen molar-refractivity contribution in [3.8, 4) is 0 Å². The second-order valence-corrected chi connectivity index (χ2v) is 8.05. The van der Waals surface area contributed by atoms with E-state index in [4.69, 9.17) is 4.74 Å². The van der Waals surface area contributed by atoms with E-state index in [9.17, 15) is 14.4 Å². The van der Waals surface area contributed by atoms with Crippen LogP contribution in [0, 0.1) is 0 Å². The van der Waals surface area contributed by atoms with Crippen molar-refractivity contribution in [3.05, 3.63) is 75.7 Å². The molecule has 2 aromatic carbocycles. The third-order valence-corrected chi connectivity index (χ3v) is 4.80. The lowest BCUT2D eigenvalue weighted by Gasteiger charge is -2.19. The molecule has 150 valence electrons. The van der Waals surface area contributed by atoms with Crippen LogP contribution in [0.2, 0.25) is 0 Å². The maximum absolute atomic E-state index is 12.6. The van der Waals surface area contributed by atoms with Crippen LogP contribution in [0.25, 0.3) is 10.8 Å². The van der Waals surface area contributed by atoms with Crippen molar-refractivity contribution in [2.45, 2.75) is 45.6 Å². The van der Waals surface area contributed by atoms with E-state index in [2.05, 4.69) is 31.0 Å². The summed E-state index contributed by atoms with van der Waals surface area (Å²) in [5.41, 5.74) is 1.69. The lowest BCUT2D eigenvalue weighted by Crippen LogP contribution is -2.26. The van der Waals surface area contributed by atoms with Crippen molar-refractivity contribution in [1.82, 2.24) is 10.2 Å². The molecule has 0 radical (unpaired) electrons. The van der Waals surface area contributed by atoms with E-state index in [0.717, 1.165) is 5.56 Å². The SMILES string of the molecule is CC(OC(=O)Cc1n[nH]c(=O)c2ccccc12)C(=O)c1ccc(C(C)(C)C)cc1. The number of ether oxygens (including phenoxy) is 1. The first kappa shape index (κ1) is 20.5. The molecule has 0 fully saturated rings. The number of esters is 1. The number of Topliss-reactive ketones (excluding diaryl/α,β-unsaturated/α-hetero) is 1. The average Bonchev–Trinajstić information content (AvgIpc) is 2.69. The first-order valence-corrected chi connectivity index (χ1v) is 9.47. The van der Waals surface area contributed by atoms with E-state index in [0.29, 0.717) is 22.0 Å². The van der Waals surface area contributed by atoms with Gasteiger partial charge in [-0.05, 0) is 24.0 Å². The molecule has 0 aliphatic rings. The number of aromatic nitrogens is 2. The Labute approximate surface area is 168 Å². The van der Waals surface area contributed by atoms with E-state index in [1.54, 1.807) is 43.3 Å². The molecule has 1 N–H and O–H groups in total. The average molecular weight is 392 g/mol. The number of benzene rings is 2. The fourth-order valence-electron chi connectivity index (χ4n) is 3.10. The topological polar surface area (TPSA) is 89.1 Å². The standard InChI is InChI=1S/C23H24N2O4/c1-14(21(27)15-9-11-16(12-10-15)23(2,3)4)29-20(26)13-19-17-7-5-6-8-18(17)22(28)25-24-19/h5-12,14H,13H2,1-4H3,(H,25,28). The van der Waals surface area contributed by atoms with Crippen molar-refractivity contribution in [2.75, 3.05) is 0 Å². The van der Waals surface area contributed by atoms with Gasteiger partial charge in [0.05, 0.1) is 17.5 Å². The summed E-state index contributed by atoms with van der Waals surface area (Å²) in [6, 6.07) is 14.2. The molecule has 6 nitrogen and oxygen atoms in total. The van der Waals surface area contributed by atoms with Crippen molar-refractivity contribution in [2.24, 2.45) is 0 Å². The second kappa shape index (κ2) is 7.99. The summed E-state index contributed by atoms with van der Waals surface area (Å²) in [6.45, 7) is 7.85. The Kier molecular flexibility index (Phi) is 5.64. The summed E-state index contributed by atoms with van der Waals surface area (Å²) in [7, 11) is 0.